The van der Waals surface area contributed by atoms with E-state index in [-0.39, 0.29) is 5.75 Å². The van der Waals surface area contributed by atoms with E-state index >= 15 is 0 Å². The maximum atomic E-state index is 11.8. The van der Waals surface area contributed by atoms with Crippen LogP contribution < -0.4 is 15.4 Å². The van der Waals surface area contributed by atoms with Gasteiger partial charge < -0.3 is 10.6 Å². The maximum Gasteiger partial charge on any atom is 0.215 e. The average Bonchev–Trinajstić information content (AvgIpc) is 2.71. The van der Waals surface area contributed by atoms with E-state index in [0.717, 1.165) is 30.2 Å². The molecule has 0 bridgehead atoms. The Kier molecular flexibility index (Phi) is 9.50. The van der Waals surface area contributed by atoms with Crippen molar-refractivity contribution in [1.29, 1.82) is 0 Å². The molecule has 2 aromatic carbocycles. The number of aliphatic imine (C=N–C) groups is 1. The van der Waals surface area contributed by atoms with Crippen molar-refractivity contribution < 1.29 is 8.42 Å². The highest BCUT2D eigenvalue weighted by Crippen LogP contribution is 2.21. The van der Waals surface area contributed by atoms with Crippen LogP contribution in [-0.2, 0) is 22.3 Å². The van der Waals surface area contributed by atoms with Gasteiger partial charge in [0.05, 0.1) is 12.3 Å². The second kappa shape index (κ2) is 11.8. The third-order valence-corrected chi connectivity index (χ3v) is 6.51. The van der Waals surface area contributed by atoms with Crippen molar-refractivity contribution in [3.05, 3.63) is 65.7 Å². The standard InChI is InChI=1S/C21H30N4O2S2/c1-4-23-21(24-14-17(2)28-20-11-6-5-7-12-20)25-15-18-9-8-10-19(13-18)16-29(26,27)22-3/h5-13,17,22H,4,14-16H2,1-3H3,(H2,23,24,25). The Morgan fingerprint density at radius 2 is 1.79 bits per heavy atom. The fourth-order valence-corrected chi connectivity index (χ4v) is 4.34. The normalized spacial score (nSPS) is 13.1. The molecule has 2 rings (SSSR count). The lowest BCUT2D eigenvalue weighted by Crippen LogP contribution is -2.40. The molecule has 1 atom stereocenters. The van der Waals surface area contributed by atoms with Gasteiger partial charge in [-0.1, -0.05) is 49.4 Å². The number of hydrogen-bond acceptors (Lipinski definition) is 4. The minimum atomic E-state index is -3.29. The molecule has 29 heavy (non-hydrogen) atoms. The zero-order chi connectivity index (χ0) is 21.1. The monoisotopic (exact) mass is 434 g/mol. The van der Waals surface area contributed by atoms with Crippen molar-refractivity contribution in [1.82, 2.24) is 15.4 Å². The smallest absolute Gasteiger partial charge is 0.215 e. The van der Waals surface area contributed by atoms with Crippen LogP contribution in [0.4, 0.5) is 0 Å². The van der Waals surface area contributed by atoms with Gasteiger partial charge in [-0.15, -0.1) is 11.8 Å². The first kappa shape index (κ1) is 23.3. The van der Waals surface area contributed by atoms with Crippen LogP contribution in [0, 0.1) is 0 Å². The predicted octanol–water partition coefficient (Wildman–Crippen LogP) is 2.97. The molecule has 0 radical (unpaired) electrons. The zero-order valence-electron chi connectivity index (χ0n) is 17.2. The molecule has 158 valence electrons. The van der Waals surface area contributed by atoms with Gasteiger partial charge in [-0.3, -0.25) is 0 Å². The van der Waals surface area contributed by atoms with Crippen LogP contribution in [-0.4, -0.2) is 39.8 Å². The zero-order valence-corrected chi connectivity index (χ0v) is 18.8. The number of thioether (sulfide) groups is 1. The minimum absolute atomic E-state index is 0.0341. The Morgan fingerprint density at radius 3 is 2.48 bits per heavy atom. The highest BCUT2D eigenvalue weighted by atomic mass is 32.2. The molecule has 3 N–H and O–H groups in total. The summed E-state index contributed by atoms with van der Waals surface area (Å²) < 4.78 is 25.8. The van der Waals surface area contributed by atoms with Crippen LogP contribution in [0.5, 0.6) is 0 Å². The van der Waals surface area contributed by atoms with Crippen LogP contribution in [0.15, 0.2) is 64.5 Å². The molecule has 0 aliphatic rings. The Labute approximate surface area is 178 Å². The van der Waals surface area contributed by atoms with E-state index in [4.69, 9.17) is 0 Å². The number of nitrogens with one attached hydrogen (secondary N) is 3. The molecule has 0 aromatic heterocycles. The van der Waals surface area contributed by atoms with Crippen LogP contribution in [0.25, 0.3) is 0 Å². The lowest BCUT2D eigenvalue weighted by atomic mass is 10.1. The third-order valence-electron chi connectivity index (χ3n) is 4.06. The molecule has 0 saturated carbocycles. The number of sulfonamides is 1. The Morgan fingerprint density at radius 1 is 1.07 bits per heavy atom. The van der Waals surface area contributed by atoms with Crippen molar-refractivity contribution in [2.45, 2.75) is 36.3 Å². The number of hydrogen-bond donors (Lipinski definition) is 3. The van der Waals surface area contributed by atoms with Gasteiger partial charge >= 0.3 is 0 Å². The Bertz CT molecular complexity index is 887. The van der Waals surface area contributed by atoms with Gasteiger partial charge in [-0.25, -0.2) is 18.1 Å². The van der Waals surface area contributed by atoms with Crippen molar-refractivity contribution in [2.24, 2.45) is 4.99 Å². The fourth-order valence-electron chi connectivity index (χ4n) is 2.63. The van der Waals surface area contributed by atoms with E-state index in [1.165, 1.54) is 11.9 Å². The molecule has 1 unspecified atom stereocenters. The molecule has 6 nitrogen and oxygen atoms in total. The van der Waals surface area contributed by atoms with Crippen molar-refractivity contribution in [3.8, 4) is 0 Å². The second-order valence-electron chi connectivity index (χ2n) is 6.60. The minimum Gasteiger partial charge on any atom is -0.357 e. The summed E-state index contributed by atoms with van der Waals surface area (Å²) in [6.07, 6.45) is 0. The molecule has 8 heteroatoms. The number of nitrogens with zero attached hydrogens (tertiary/aromatic N) is 1. The van der Waals surface area contributed by atoms with Gasteiger partial charge in [0, 0.05) is 23.2 Å². The van der Waals surface area contributed by atoms with Gasteiger partial charge in [-0.2, -0.15) is 0 Å². The molecular weight excluding hydrogens is 404 g/mol. The van der Waals surface area contributed by atoms with E-state index in [1.54, 1.807) is 0 Å². The summed E-state index contributed by atoms with van der Waals surface area (Å²) in [7, 11) is -1.86. The lowest BCUT2D eigenvalue weighted by molar-refractivity contribution is 0.587. The summed E-state index contributed by atoms with van der Waals surface area (Å²) in [6, 6.07) is 17.9. The van der Waals surface area contributed by atoms with E-state index in [2.05, 4.69) is 39.4 Å². The van der Waals surface area contributed by atoms with E-state index in [0.29, 0.717) is 11.8 Å². The summed E-state index contributed by atoms with van der Waals surface area (Å²) in [6.45, 7) is 6.24. The van der Waals surface area contributed by atoms with Crippen LogP contribution in [0.3, 0.4) is 0 Å². The average molecular weight is 435 g/mol. The molecule has 0 saturated heterocycles. The molecule has 0 fully saturated rings. The topological polar surface area (TPSA) is 82.6 Å². The summed E-state index contributed by atoms with van der Waals surface area (Å²) in [4.78, 5) is 5.89. The van der Waals surface area contributed by atoms with Crippen LogP contribution in [0.2, 0.25) is 0 Å². The first-order chi connectivity index (χ1) is 13.9. The van der Waals surface area contributed by atoms with Crippen LogP contribution >= 0.6 is 11.8 Å². The van der Waals surface area contributed by atoms with Crippen molar-refractivity contribution in [2.75, 3.05) is 20.1 Å². The Balaban J connectivity index is 1.94. The van der Waals surface area contributed by atoms with E-state index < -0.39 is 10.0 Å². The quantitative estimate of drug-likeness (QED) is 0.304. The van der Waals surface area contributed by atoms with Gasteiger partial charge in [0.1, 0.15) is 0 Å². The second-order valence-corrected chi connectivity index (χ2v) is 10.0. The SMILES string of the molecule is CCNC(=NCc1cccc(CS(=O)(=O)NC)c1)NCC(C)Sc1ccccc1. The molecular formula is C21H30N4O2S2. The van der Waals surface area contributed by atoms with Crippen LogP contribution in [0.1, 0.15) is 25.0 Å². The van der Waals surface area contributed by atoms with E-state index in [9.17, 15) is 8.42 Å². The molecule has 0 aliphatic carbocycles. The van der Waals surface area contributed by atoms with Gasteiger partial charge in [-0.05, 0) is 37.2 Å². The highest BCUT2D eigenvalue weighted by Gasteiger charge is 2.09. The number of guanidine groups is 1. The molecule has 0 heterocycles. The first-order valence-corrected chi connectivity index (χ1v) is 12.2. The molecule has 0 amide bonds. The molecule has 2 aromatic rings. The maximum absolute atomic E-state index is 11.8. The fraction of sp³-hybridized carbons (Fsp3) is 0.381. The molecule has 0 spiro atoms. The van der Waals surface area contributed by atoms with Gasteiger partial charge in [0.15, 0.2) is 5.96 Å². The number of rotatable bonds is 10. The highest BCUT2D eigenvalue weighted by molar-refractivity contribution is 8.00. The number of benzene rings is 2. The van der Waals surface area contributed by atoms with E-state index in [1.807, 2.05) is 61.2 Å². The summed E-state index contributed by atoms with van der Waals surface area (Å²) in [5, 5.41) is 7.03. The summed E-state index contributed by atoms with van der Waals surface area (Å²) in [5.74, 6) is 0.717. The largest absolute Gasteiger partial charge is 0.357 e. The first-order valence-electron chi connectivity index (χ1n) is 9.64. The predicted molar refractivity (Wildman–Crippen MR) is 123 cm³/mol. The Hall–Kier alpha value is -2.03. The van der Waals surface area contributed by atoms with Gasteiger partial charge in [0.25, 0.3) is 0 Å². The summed E-state index contributed by atoms with van der Waals surface area (Å²) in [5.41, 5.74) is 1.72. The van der Waals surface area contributed by atoms with Gasteiger partial charge in [0.2, 0.25) is 10.0 Å². The van der Waals surface area contributed by atoms with Crippen molar-refractivity contribution in [3.63, 3.8) is 0 Å². The molecule has 0 aliphatic heterocycles. The van der Waals surface area contributed by atoms with Crippen molar-refractivity contribution >= 4 is 27.7 Å². The lowest BCUT2D eigenvalue weighted by Gasteiger charge is -2.16. The third kappa shape index (κ3) is 8.89. The summed E-state index contributed by atoms with van der Waals surface area (Å²) >= 11 is 1.82.